The van der Waals surface area contributed by atoms with Gasteiger partial charge in [0.25, 0.3) is 0 Å². The van der Waals surface area contributed by atoms with Gasteiger partial charge in [-0.15, -0.1) is 11.3 Å². The van der Waals surface area contributed by atoms with E-state index in [0.717, 1.165) is 13.1 Å². The molecule has 1 atom stereocenters. The van der Waals surface area contributed by atoms with Crippen LogP contribution in [0.25, 0.3) is 0 Å². The van der Waals surface area contributed by atoms with E-state index >= 15 is 0 Å². The molecular weight excluding hydrogens is 288 g/mol. The Bertz CT molecular complexity index is 426. The second kappa shape index (κ2) is 5.56. The number of nitrogens with one attached hydrogen (secondary N) is 1. The Kier molecular flexibility index (Phi) is 4.09. The maximum absolute atomic E-state index is 4.05. The van der Waals surface area contributed by atoms with Gasteiger partial charge in [0.05, 0.1) is 6.54 Å². The van der Waals surface area contributed by atoms with Gasteiger partial charge in [-0.1, -0.05) is 0 Å². The predicted molar refractivity (Wildman–Crippen MR) is 68.5 cm³/mol. The van der Waals surface area contributed by atoms with Gasteiger partial charge in [0, 0.05) is 21.9 Å². The Balaban J connectivity index is 1.80. The Morgan fingerprint density at radius 1 is 1.62 bits per heavy atom. The number of halogens is 1. The maximum atomic E-state index is 4.05. The van der Waals surface area contributed by atoms with Gasteiger partial charge in [-0.3, -0.25) is 4.68 Å². The summed E-state index contributed by atoms with van der Waals surface area (Å²) in [4.78, 5) is 5.23. The molecule has 0 radical (unpaired) electrons. The van der Waals surface area contributed by atoms with Crippen LogP contribution in [0.15, 0.2) is 28.6 Å². The van der Waals surface area contributed by atoms with Gasteiger partial charge in [-0.05, 0) is 34.3 Å². The lowest BCUT2D eigenvalue weighted by Gasteiger charge is -2.12. The van der Waals surface area contributed by atoms with Gasteiger partial charge in [-0.25, -0.2) is 4.98 Å². The molecule has 2 aromatic heterocycles. The van der Waals surface area contributed by atoms with E-state index in [1.807, 2.05) is 4.68 Å². The van der Waals surface area contributed by atoms with Crippen molar-refractivity contribution in [2.75, 3.05) is 6.54 Å². The van der Waals surface area contributed by atoms with Crippen LogP contribution in [0.1, 0.15) is 17.8 Å². The summed E-state index contributed by atoms with van der Waals surface area (Å²) in [7, 11) is 0. The SMILES string of the molecule is CC(NCCn1cncn1)c1sccc1Br. The molecule has 16 heavy (non-hydrogen) atoms. The van der Waals surface area contributed by atoms with Gasteiger partial charge in [-0.2, -0.15) is 5.10 Å². The van der Waals surface area contributed by atoms with Gasteiger partial charge in [0.2, 0.25) is 0 Å². The fourth-order valence-corrected chi connectivity index (χ4v) is 3.20. The molecule has 4 nitrogen and oxygen atoms in total. The smallest absolute Gasteiger partial charge is 0.137 e. The highest BCUT2D eigenvalue weighted by Crippen LogP contribution is 2.28. The zero-order valence-corrected chi connectivity index (χ0v) is 11.3. The molecule has 0 saturated heterocycles. The lowest BCUT2D eigenvalue weighted by atomic mass is 10.3. The zero-order chi connectivity index (χ0) is 11.4. The van der Waals surface area contributed by atoms with E-state index in [0.29, 0.717) is 6.04 Å². The number of nitrogens with zero attached hydrogens (tertiary/aromatic N) is 3. The highest BCUT2D eigenvalue weighted by Gasteiger charge is 2.09. The second-order valence-corrected chi connectivity index (χ2v) is 5.27. The van der Waals surface area contributed by atoms with E-state index < -0.39 is 0 Å². The van der Waals surface area contributed by atoms with Crippen LogP contribution in [-0.4, -0.2) is 21.3 Å². The van der Waals surface area contributed by atoms with Crippen LogP contribution < -0.4 is 5.32 Å². The highest BCUT2D eigenvalue weighted by molar-refractivity contribution is 9.10. The summed E-state index contributed by atoms with van der Waals surface area (Å²) in [6, 6.07) is 2.44. The summed E-state index contributed by atoms with van der Waals surface area (Å²) in [6.45, 7) is 3.89. The normalized spacial score (nSPS) is 12.9. The van der Waals surface area contributed by atoms with Crippen LogP contribution in [0.4, 0.5) is 0 Å². The summed E-state index contributed by atoms with van der Waals surface area (Å²) in [6.07, 6.45) is 3.28. The quantitative estimate of drug-likeness (QED) is 0.922. The number of hydrogen-bond donors (Lipinski definition) is 1. The van der Waals surface area contributed by atoms with Gasteiger partial charge in [0.1, 0.15) is 12.7 Å². The van der Waals surface area contributed by atoms with Crippen LogP contribution in [0.5, 0.6) is 0 Å². The van der Waals surface area contributed by atoms with Crippen molar-refractivity contribution in [3.63, 3.8) is 0 Å². The highest BCUT2D eigenvalue weighted by atomic mass is 79.9. The van der Waals surface area contributed by atoms with Crippen molar-refractivity contribution in [3.8, 4) is 0 Å². The van der Waals surface area contributed by atoms with Crippen LogP contribution in [0, 0.1) is 0 Å². The molecule has 2 aromatic rings. The lowest BCUT2D eigenvalue weighted by Crippen LogP contribution is -2.23. The predicted octanol–water partition coefficient (Wildman–Crippen LogP) is 2.45. The van der Waals surface area contributed by atoms with Crippen molar-refractivity contribution in [3.05, 3.63) is 33.5 Å². The molecular formula is C10H13BrN4S. The van der Waals surface area contributed by atoms with Crippen molar-refractivity contribution in [1.29, 1.82) is 0 Å². The molecule has 0 aromatic carbocycles. The maximum Gasteiger partial charge on any atom is 0.137 e. The largest absolute Gasteiger partial charge is 0.308 e. The zero-order valence-electron chi connectivity index (χ0n) is 8.93. The minimum Gasteiger partial charge on any atom is -0.308 e. The van der Waals surface area contributed by atoms with Crippen molar-refractivity contribution < 1.29 is 0 Å². The van der Waals surface area contributed by atoms with Crippen LogP contribution in [-0.2, 0) is 6.54 Å². The fourth-order valence-electron chi connectivity index (χ4n) is 1.45. The van der Waals surface area contributed by atoms with Gasteiger partial charge < -0.3 is 5.32 Å². The molecule has 0 bridgehead atoms. The first-order chi connectivity index (χ1) is 7.77. The first-order valence-corrected chi connectivity index (χ1v) is 6.73. The molecule has 2 heterocycles. The average molecular weight is 301 g/mol. The molecule has 0 aliphatic rings. The summed E-state index contributed by atoms with van der Waals surface area (Å²) < 4.78 is 3.00. The lowest BCUT2D eigenvalue weighted by molar-refractivity contribution is 0.510. The number of rotatable bonds is 5. The van der Waals surface area contributed by atoms with Crippen LogP contribution in [0.3, 0.4) is 0 Å². The molecule has 1 N–H and O–H groups in total. The third-order valence-corrected chi connectivity index (χ3v) is 4.35. The number of hydrogen-bond acceptors (Lipinski definition) is 4. The van der Waals surface area contributed by atoms with E-state index in [9.17, 15) is 0 Å². The minimum absolute atomic E-state index is 0.359. The molecule has 0 spiro atoms. The summed E-state index contributed by atoms with van der Waals surface area (Å²) in [5, 5.41) is 9.60. The van der Waals surface area contributed by atoms with Gasteiger partial charge in [0.15, 0.2) is 0 Å². The Morgan fingerprint density at radius 3 is 3.12 bits per heavy atom. The molecule has 1 unspecified atom stereocenters. The monoisotopic (exact) mass is 300 g/mol. The Morgan fingerprint density at radius 2 is 2.50 bits per heavy atom. The summed E-state index contributed by atoms with van der Waals surface area (Å²) in [5.74, 6) is 0. The Hall–Kier alpha value is -0.720. The fraction of sp³-hybridized carbons (Fsp3) is 0.400. The molecule has 6 heteroatoms. The molecule has 0 saturated carbocycles. The van der Waals surface area contributed by atoms with Crippen molar-refractivity contribution in [2.45, 2.75) is 19.5 Å². The van der Waals surface area contributed by atoms with E-state index in [-0.39, 0.29) is 0 Å². The summed E-state index contributed by atoms with van der Waals surface area (Å²) >= 11 is 5.30. The third-order valence-electron chi connectivity index (χ3n) is 2.30. The van der Waals surface area contributed by atoms with E-state index in [2.05, 4.69) is 49.7 Å². The molecule has 2 rings (SSSR count). The molecule has 0 aliphatic heterocycles. The van der Waals surface area contributed by atoms with Gasteiger partial charge >= 0.3 is 0 Å². The standard InChI is InChI=1S/C10H13BrN4S/c1-8(10-9(11)2-5-16-10)13-3-4-15-7-12-6-14-15/h2,5-8,13H,3-4H2,1H3. The first kappa shape index (κ1) is 11.8. The van der Waals surface area contributed by atoms with E-state index in [1.165, 1.54) is 9.35 Å². The first-order valence-electron chi connectivity index (χ1n) is 5.06. The van der Waals surface area contributed by atoms with E-state index in [4.69, 9.17) is 0 Å². The van der Waals surface area contributed by atoms with Crippen LogP contribution in [0.2, 0.25) is 0 Å². The van der Waals surface area contributed by atoms with Crippen molar-refractivity contribution >= 4 is 27.3 Å². The second-order valence-electron chi connectivity index (χ2n) is 3.47. The topological polar surface area (TPSA) is 42.7 Å². The molecule has 0 amide bonds. The number of aromatic nitrogens is 3. The third kappa shape index (κ3) is 2.90. The minimum atomic E-state index is 0.359. The Labute approximate surface area is 107 Å². The van der Waals surface area contributed by atoms with Crippen LogP contribution >= 0.6 is 27.3 Å². The average Bonchev–Trinajstić information content (AvgIpc) is 2.88. The molecule has 0 aliphatic carbocycles. The van der Waals surface area contributed by atoms with E-state index in [1.54, 1.807) is 24.0 Å². The molecule has 0 fully saturated rings. The number of thiophene rings is 1. The van der Waals surface area contributed by atoms with Crippen molar-refractivity contribution in [1.82, 2.24) is 20.1 Å². The molecule has 86 valence electrons. The summed E-state index contributed by atoms with van der Waals surface area (Å²) in [5.41, 5.74) is 0. The van der Waals surface area contributed by atoms with Crippen molar-refractivity contribution in [2.24, 2.45) is 0 Å².